The zero-order chi connectivity index (χ0) is 16.1. The molecule has 0 fully saturated rings. The van der Waals surface area contributed by atoms with E-state index in [-0.39, 0.29) is 0 Å². The Kier molecular flexibility index (Phi) is 3.11. The molecule has 7 nitrogen and oxygen atoms in total. The number of aryl methyl sites for hydroxylation is 1. The van der Waals surface area contributed by atoms with Crippen molar-refractivity contribution >= 4 is 11.5 Å². The van der Waals surface area contributed by atoms with Crippen molar-refractivity contribution < 1.29 is 0 Å². The second-order valence-electron chi connectivity index (χ2n) is 6.46. The van der Waals surface area contributed by atoms with Crippen molar-refractivity contribution in [2.75, 3.05) is 11.4 Å². The van der Waals surface area contributed by atoms with Gasteiger partial charge in [0.25, 0.3) is 0 Å². The number of anilines is 1. The maximum Gasteiger partial charge on any atom is 0.178 e. The number of hydrogen-bond donors (Lipinski definition) is 0. The molecule has 0 saturated heterocycles. The Morgan fingerprint density at radius 3 is 2.78 bits per heavy atom. The average molecular weight is 311 g/mol. The Balaban J connectivity index is 1.69. The van der Waals surface area contributed by atoms with Gasteiger partial charge in [0, 0.05) is 31.6 Å². The number of rotatable bonds is 2. The van der Waals surface area contributed by atoms with Crippen molar-refractivity contribution in [3.8, 4) is 0 Å². The Morgan fingerprint density at radius 1 is 1.17 bits per heavy atom. The van der Waals surface area contributed by atoms with Gasteiger partial charge in [0.05, 0.1) is 12.2 Å². The lowest BCUT2D eigenvalue weighted by molar-refractivity contribution is 0.654. The Morgan fingerprint density at radius 2 is 2.00 bits per heavy atom. The van der Waals surface area contributed by atoms with Gasteiger partial charge in [0.1, 0.15) is 11.6 Å². The zero-order valence-electron chi connectivity index (χ0n) is 14.0. The molecule has 23 heavy (non-hydrogen) atoms. The van der Waals surface area contributed by atoms with Crippen LogP contribution in [0.5, 0.6) is 0 Å². The van der Waals surface area contributed by atoms with Gasteiger partial charge in [0.15, 0.2) is 11.5 Å². The van der Waals surface area contributed by atoms with Crippen molar-refractivity contribution in [1.29, 1.82) is 0 Å². The van der Waals surface area contributed by atoms with Crippen LogP contribution in [0.15, 0.2) is 12.1 Å². The van der Waals surface area contributed by atoms with Crippen LogP contribution in [0.2, 0.25) is 0 Å². The second-order valence-corrected chi connectivity index (χ2v) is 6.46. The number of imidazole rings is 1. The minimum atomic E-state index is 0.438. The molecule has 3 aromatic rings. The summed E-state index contributed by atoms with van der Waals surface area (Å²) < 4.78 is 4.06. The van der Waals surface area contributed by atoms with Gasteiger partial charge in [-0.15, -0.1) is 15.3 Å². The molecule has 0 saturated carbocycles. The van der Waals surface area contributed by atoms with Crippen LogP contribution in [0.3, 0.4) is 0 Å². The number of nitrogens with zero attached hydrogens (tertiary/aromatic N) is 7. The third-order valence-corrected chi connectivity index (χ3v) is 4.54. The maximum atomic E-state index is 4.86. The van der Waals surface area contributed by atoms with Gasteiger partial charge < -0.3 is 9.47 Å². The first-order valence-electron chi connectivity index (χ1n) is 8.03. The Labute approximate surface area is 135 Å². The van der Waals surface area contributed by atoms with E-state index in [1.165, 1.54) is 11.4 Å². The number of hydrogen-bond acceptors (Lipinski definition) is 5. The van der Waals surface area contributed by atoms with E-state index in [2.05, 4.69) is 45.7 Å². The van der Waals surface area contributed by atoms with Crippen LogP contribution in [-0.2, 0) is 20.0 Å². The Hall–Kier alpha value is -2.44. The molecule has 0 radical (unpaired) electrons. The predicted molar refractivity (Wildman–Crippen MR) is 87.6 cm³/mol. The highest BCUT2D eigenvalue weighted by Gasteiger charge is 2.24. The van der Waals surface area contributed by atoms with E-state index in [9.17, 15) is 0 Å². The largest absolute Gasteiger partial charge is 0.349 e. The van der Waals surface area contributed by atoms with Crippen LogP contribution in [0.1, 0.15) is 42.8 Å². The van der Waals surface area contributed by atoms with Crippen LogP contribution in [0.4, 0.5) is 5.82 Å². The van der Waals surface area contributed by atoms with Gasteiger partial charge in [-0.3, -0.25) is 0 Å². The molecule has 0 amide bonds. The van der Waals surface area contributed by atoms with Crippen LogP contribution in [-0.4, -0.2) is 35.9 Å². The summed E-state index contributed by atoms with van der Waals surface area (Å²) in [5.41, 5.74) is 3.31. The first-order valence-corrected chi connectivity index (χ1v) is 8.03. The zero-order valence-corrected chi connectivity index (χ0v) is 14.0. The maximum absolute atomic E-state index is 4.86. The summed E-state index contributed by atoms with van der Waals surface area (Å²) in [5, 5.41) is 12.8. The monoisotopic (exact) mass is 311 g/mol. The van der Waals surface area contributed by atoms with E-state index in [1.54, 1.807) is 4.52 Å². The molecule has 120 valence electrons. The van der Waals surface area contributed by atoms with E-state index in [4.69, 9.17) is 4.98 Å². The molecule has 4 rings (SSSR count). The van der Waals surface area contributed by atoms with Gasteiger partial charge in [-0.1, -0.05) is 13.8 Å². The standard InChI is InChI=1S/C16H21N7/c1-10(2)16-17-12-9-22(8-7-13(12)21(16)4)15-6-5-14-19-18-11(3)23(14)20-15/h5-6,10H,7-9H2,1-4H3. The van der Waals surface area contributed by atoms with Crippen molar-refractivity contribution in [2.45, 2.75) is 39.7 Å². The van der Waals surface area contributed by atoms with Crippen molar-refractivity contribution in [3.63, 3.8) is 0 Å². The van der Waals surface area contributed by atoms with E-state index in [0.29, 0.717) is 5.92 Å². The second kappa shape index (κ2) is 5.04. The van der Waals surface area contributed by atoms with E-state index in [1.807, 2.05) is 19.1 Å². The topological polar surface area (TPSA) is 64.1 Å². The molecule has 3 aromatic heterocycles. The molecule has 0 N–H and O–H groups in total. The molecular formula is C16H21N7. The quantitative estimate of drug-likeness (QED) is 0.723. The Bertz CT molecular complexity index is 874. The molecule has 0 bridgehead atoms. The highest BCUT2D eigenvalue weighted by atomic mass is 15.4. The van der Waals surface area contributed by atoms with Gasteiger partial charge in [0.2, 0.25) is 0 Å². The molecule has 0 aromatic carbocycles. The fourth-order valence-corrected chi connectivity index (χ4v) is 3.32. The minimum Gasteiger partial charge on any atom is -0.349 e. The van der Waals surface area contributed by atoms with Crippen LogP contribution in [0, 0.1) is 6.92 Å². The summed E-state index contributed by atoms with van der Waals surface area (Å²) in [6.45, 7) is 8.05. The summed E-state index contributed by atoms with van der Waals surface area (Å²) >= 11 is 0. The summed E-state index contributed by atoms with van der Waals surface area (Å²) in [6, 6.07) is 3.98. The molecule has 0 spiro atoms. The van der Waals surface area contributed by atoms with Crippen LogP contribution >= 0.6 is 0 Å². The fourth-order valence-electron chi connectivity index (χ4n) is 3.32. The number of aromatic nitrogens is 6. The van der Waals surface area contributed by atoms with Crippen LogP contribution in [0.25, 0.3) is 5.65 Å². The lowest BCUT2D eigenvalue weighted by Gasteiger charge is -2.27. The minimum absolute atomic E-state index is 0.438. The van der Waals surface area contributed by atoms with Crippen molar-refractivity contribution in [1.82, 2.24) is 29.4 Å². The van der Waals surface area contributed by atoms with Gasteiger partial charge in [-0.25, -0.2) is 4.98 Å². The smallest absolute Gasteiger partial charge is 0.178 e. The summed E-state index contributed by atoms with van der Waals surface area (Å²) in [4.78, 5) is 7.13. The summed E-state index contributed by atoms with van der Waals surface area (Å²) in [6.07, 6.45) is 0.992. The molecule has 0 atom stereocenters. The van der Waals surface area contributed by atoms with Gasteiger partial charge in [-0.2, -0.15) is 4.52 Å². The summed E-state index contributed by atoms with van der Waals surface area (Å²) in [5.74, 6) is 3.35. The molecule has 0 aliphatic carbocycles. The molecular weight excluding hydrogens is 290 g/mol. The third kappa shape index (κ3) is 2.18. The highest BCUT2D eigenvalue weighted by Crippen LogP contribution is 2.25. The van der Waals surface area contributed by atoms with E-state index >= 15 is 0 Å². The van der Waals surface area contributed by atoms with Gasteiger partial charge in [-0.05, 0) is 19.1 Å². The van der Waals surface area contributed by atoms with Crippen molar-refractivity contribution in [3.05, 3.63) is 35.2 Å². The predicted octanol–water partition coefficient (Wildman–Crippen LogP) is 1.85. The van der Waals surface area contributed by atoms with E-state index in [0.717, 1.165) is 42.6 Å². The fraction of sp³-hybridized carbons (Fsp3) is 0.500. The van der Waals surface area contributed by atoms with E-state index < -0.39 is 0 Å². The molecule has 4 heterocycles. The van der Waals surface area contributed by atoms with Gasteiger partial charge >= 0.3 is 0 Å². The lowest BCUT2D eigenvalue weighted by atomic mass is 10.1. The highest BCUT2D eigenvalue weighted by molar-refractivity contribution is 5.47. The van der Waals surface area contributed by atoms with Crippen LogP contribution < -0.4 is 4.90 Å². The lowest BCUT2D eigenvalue weighted by Crippen LogP contribution is -2.32. The molecule has 0 unspecified atom stereocenters. The normalized spacial score (nSPS) is 14.7. The molecule has 1 aliphatic rings. The van der Waals surface area contributed by atoms with Crippen molar-refractivity contribution in [2.24, 2.45) is 7.05 Å². The average Bonchev–Trinajstić information content (AvgIpc) is 3.08. The molecule has 7 heteroatoms. The third-order valence-electron chi connectivity index (χ3n) is 4.54. The first-order chi connectivity index (χ1) is 11.0. The SMILES string of the molecule is Cc1nnc2ccc(N3CCc4c(nc(C(C)C)n4C)C3)nn12. The molecule has 1 aliphatic heterocycles. The summed E-state index contributed by atoms with van der Waals surface area (Å²) in [7, 11) is 2.13. The first kappa shape index (κ1) is 14.2. The number of fused-ring (bicyclic) bond motifs is 2.